The molecule has 0 aliphatic rings. The van der Waals surface area contributed by atoms with Crippen LogP contribution in [0.4, 0.5) is 5.69 Å². The first-order valence-electron chi connectivity index (χ1n) is 6.17. The molecule has 0 heterocycles. The van der Waals surface area contributed by atoms with Crippen LogP contribution in [0.2, 0.25) is 0 Å². The Hall–Kier alpha value is -1.56. The zero-order valence-electron chi connectivity index (χ0n) is 11.7. The minimum absolute atomic E-state index is 0.714. The number of rotatable bonds is 4. The van der Waals surface area contributed by atoms with Crippen molar-refractivity contribution in [2.24, 2.45) is 4.99 Å². The van der Waals surface area contributed by atoms with Gasteiger partial charge in [0.25, 0.3) is 0 Å². The summed E-state index contributed by atoms with van der Waals surface area (Å²) < 4.78 is 11.7. The summed E-state index contributed by atoms with van der Waals surface area (Å²) in [4.78, 5) is 4.52. The molecule has 0 radical (unpaired) electrons. The SMILES string of the molecule is COc1cc(C=Nc2ccccc2C)cc(I)c1OC. The first-order chi connectivity index (χ1) is 9.65. The summed E-state index contributed by atoms with van der Waals surface area (Å²) in [7, 11) is 3.28. The van der Waals surface area contributed by atoms with Crippen molar-refractivity contribution in [2.75, 3.05) is 14.2 Å². The molecule has 0 spiro atoms. The molecule has 20 heavy (non-hydrogen) atoms. The highest BCUT2D eigenvalue weighted by atomic mass is 127. The number of ether oxygens (including phenoxy) is 2. The van der Waals surface area contributed by atoms with E-state index in [1.165, 1.54) is 0 Å². The maximum absolute atomic E-state index is 5.34. The van der Waals surface area contributed by atoms with E-state index in [0.29, 0.717) is 5.75 Å². The van der Waals surface area contributed by atoms with Crippen LogP contribution in [-0.4, -0.2) is 20.4 Å². The van der Waals surface area contributed by atoms with Gasteiger partial charge in [-0.1, -0.05) is 18.2 Å². The maximum atomic E-state index is 5.34. The Morgan fingerprint density at radius 1 is 1.10 bits per heavy atom. The third kappa shape index (κ3) is 3.30. The van der Waals surface area contributed by atoms with Crippen LogP contribution in [-0.2, 0) is 0 Å². The van der Waals surface area contributed by atoms with Gasteiger partial charge in [-0.2, -0.15) is 0 Å². The number of halogens is 1. The maximum Gasteiger partial charge on any atom is 0.174 e. The van der Waals surface area contributed by atoms with Crippen molar-refractivity contribution in [1.29, 1.82) is 0 Å². The molecule has 2 aromatic carbocycles. The predicted molar refractivity (Wildman–Crippen MR) is 90.7 cm³/mol. The van der Waals surface area contributed by atoms with E-state index in [1.807, 2.05) is 49.5 Å². The molecule has 0 aromatic heterocycles. The molecular weight excluding hydrogens is 365 g/mol. The Kier molecular flexibility index (Phi) is 5.00. The van der Waals surface area contributed by atoms with Gasteiger partial charge in [0.1, 0.15) is 0 Å². The third-order valence-corrected chi connectivity index (χ3v) is 3.73. The van der Waals surface area contributed by atoms with Crippen molar-refractivity contribution in [3.05, 3.63) is 51.1 Å². The van der Waals surface area contributed by atoms with Crippen LogP contribution in [0.5, 0.6) is 11.5 Å². The Labute approximate surface area is 132 Å². The van der Waals surface area contributed by atoms with Crippen molar-refractivity contribution in [2.45, 2.75) is 6.92 Å². The van der Waals surface area contributed by atoms with Crippen LogP contribution in [0.25, 0.3) is 0 Å². The van der Waals surface area contributed by atoms with Gasteiger partial charge in [-0.3, -0.25) is 4.99 Å². The van der Waals surface area contributed by atoms with Crippen LogP contribution in [0.15, 0.2) is 41.4 Å². The molecule has 0 atom stereocenters. The fourth-order valence-electron chi connectivity index (χ4n) is 1.86. The molecule has 0 unspecified atom stereocenters. The standard InChI is InChI=1S/C16H16INO2/c1-11-6-4-5-7-14(11)18-10-12-8-13(17)16(20-3)15(9-12)19-2/h4-10H,1-3H3. The molecule has 0 N–H and O–H groups in total. The summed E-state index contributed by atoms with van der Waals surface area (Å²) in [5.41, 5.74) is 3.10. The minimum atomic E-state index is 0.714. The highest BCUT2D eigenvalue weighted by Crippen LogP contribution is 2.33. The number of para-hydroxylation sites is 1. The molecule has 0 amide bonds. The fourth-order valence-corrected chi connectivity index (χ4v) is 2.71. The van der Waals surface area contributed by atoms with E-state index in [-0.39, 0.29) is 0 Å². The zero-order valence-corrected chi connectivity index (χ0v) is 13.8. The molecule has 104 valence electrons. The van der Waals surface area contributed by atoms with Crippen molar-refractivity contribution < 1.29 is 9.47 Å². The van der Waals surface area contributed by atoms with Gasteiger partial charge in [0.2, 0.25) is 0 Å². The lowest BCUT2D eigenvalue weighted by atomic mass is 10.2. The Morgan fingerprint density at radius 3 is 2.50 bits per heavy atom. The van der Waals surface area contributed by atoms with E-state index in [2.05, 4.69) is 27.6 Å². The lowest BCUT2D eigenvalue weighted by Gasteiger charge is -2.10. The van der Waals surface area contributed by atoms with Crippen LogP contribution >= 0.6 is 22.6 Å². The van der Waals surface area contributed by atoms with Gasteiger partial charge in [0.15, 0.2) is 11.5 Å². The molecule has 0 saturated carbocycles. The molecule has 3 nitrogen and oxygen atoms in total. The van der Waals surface area contributed by atoms with E-state index < -0.39 is 0 Å². The molecule has 0 bridgehead atoms. The Bertz CT molecular complexity index is 638. The third-order valence-electron chi connectivity index (χ3n) is 2.92. The number of nitrogens with zero attached hydrogens (tertiary/aromatic N) is 1. The number of hydrogen-bond acceptors (Lipinski definition) is 3. The topological polar surface area (TPSA) is 30.8 Å². The van der Waals surface area contributed by atoms with E-state index >= 15 is 0 Å². The quantitative estimate of drug-likeness (QED) is 0.582. The van der Waals surface area contributed by atoms with E-state index in [4.69, 9.17) is 9.47 Å². The Morgan fingerprint density at radius 2 is 1.85 bits per heavy atom. The van der Waals surface area contributed by atoms with Gasteiger partial charge < -0.3 is 9.47 Å². The second-order valence-electron chi connectivity index (χ2n) is 4.28. The van der Waals surface area contributed by atoms with Gasteiger partial charge >= 0.3 is 0 Å². The highest BCUT2D eigenvalue weighted by Gasteiger charge is 2.09. The largest absolute Gasteiger partial charge is 0.493 e. The molecular formula is C16H16INO2. The summed E-state index contributed by atoms with van der Waals surface area (Å²) >= 11 is 2.23. The van der Waals surface area contributed by atoms with Crippen LogP contribution in [0.3, 0.4) is 0 Å². The Balaban J connectivity index is 2.35. The van der Waals surface area contributed by atoms with Gasteiger partial charge in [-0.25, -0.2) is 0 Å². The smallest absolute Gasteiger partial charge is 0.174 e. The van der Waals surface area contributed by atoms with Crippen LogP contribution < -0.4 is 9.47 Å². The lowest BCUT2D eigenvalue weighted by Crippen LogP contribution is -1.95. The van der Waals surface area contributed by atoms with Crippen molar-refractivity contribution in [1.82, 2.24) is 0 Å². The second-order valence-corrected chi connectivity index (χ2v) is 5.45. The van der Waals surface area contributed by atoms with E-state index in [0.717, 1.165) is 26.1 Å². The lowest BCUT2D eigenvalue weighted by molar-refractivity contribution is 0.353. The number of aryl methyl sites for hydroxylation is 1. The molecule has 0 saturated heterocycles. The summed E-state index contributed by atoms with van der Waals surface area (Å²) in [5, 5.41) is 0. The molecule has 2 rings (SSSR count). The summed E-state index contributed by atoms with van der Waals surface area (Å²) in [6, 6.07) is 12.0. The van der Waals surface area contributed by atoms with Crippen LogP contribution in [0, 0.1) is 10.5 Å². The summed E-state index contributed by atoms with van der Waals surface area (Å²) in [5.74, 6) is 1.46. The first kappa shape index (κ1) is 14.8. The summed E-state index contributed by atoms with van der Waals surface area (Å²) in [6.07, 6.45) is 1.84. The molecule has 0 aliphatic heterocycles. The number of aliphatic imine (C=N–C) groups is 1. The van der Waals surface area contributed by atoms with Gasteiger partial charge in [-0.05, 0) is 58.8 Å². The molecule has 4 heteroatoms. The predicted octanol–water partition coefficient (Wildman–Crippen LogP) is 4.37. The van der Waals surface area contributed by atoms with Crippen molar-refractivity contribution in [3.63, 3.8) is 0 Å². The highest BCUT2D eigenvalue weighted by molar-refractivity contribution is 14.1. The second kappa shape index (κ2) is 6.74. The molecule has 0 aliphatic carbocycles. The monoisotopic (exact) mass is 381 g/mol. The average Bonchev–Trinajstić information content (AvgIpc) is 2.45. The van der Waals surface area contributed by atoms with Crippen molar-refractivity contribution in [3.8, 4) is 11.5 Å². The fraction of sp³-hybridized carbons (Fsp3) is 0.188. The molecule has 0 fully saturated rings. The minimum Gasteiger partial charge on any atom is -0.493 e. The van der Waals surface area contributed by atoms with Crippen molar-refractivity contribution >= 4 is 34.5 Å². The van der Waals surface area contributed by atoms with E-state index in [9.17, 15) is 0 Å². The van der Waals surface area contributed by atoms with Gasteiger partial charge in [0, 0.05) is 6.21 Å². The zero-order chi connectivity index (χ0) is 14.5. The van der Waals surface area contributed by atoms with Gasteiger partial charge in [0.05, 0.1) is 23.5 Å². The summed E-state index contributed by atoms with van der Waals surface area (Å²) in [6.45, 7) is 2.05. The van der Waals surface area contributed by atoms with Crippen LogP contribution in [0.1, 0.15) is 11.1 Å². The number of hydrogen-bond donors (Lipinski definition) is 0. The number of benzene rings is 2. The average molecular weight is 381 g/mol. The molecule has 2 aromatic rings. The number of methoxy groups -OCH3 is 2. The first-order valence-corrected chi connectivity index (χ1v) is 7.25. The van der Waals surface area contributed by atoms with Gasteiger partial charge in [-0.15, -0.1) is 0 Å². The normalized spacial score (nSPS) is 10.8. The van der Waals surface area contributed by atoms with E-state index in [1.54, 1.807) is 14.2 Å².